The fourth-order valence-electron chi connectivity index (χ4n) is 1.98. The Balaban J connectivity index is 2.64. The molecule has 1 aromatic rings. The monoisotopic (exact) mass is 249 g/mol. The molecule has 1 N–H and O–H groups in total. The molecule has 0 aliphatic carbocycles. The van der Waals surface area contributed by atoms with Crippen LogP contribution in [0.2, 0.25) is 0 Å². The van der Waals surface area contributed by atoms with Crippen LogP contribution in [0.5, 0.6) is 0 Å². The quantitative estimate of drug-likeness (QED) is 0.807. The van der Waals surface area contributed by atoms with Crippen molar-refractivity contribution in [2.45, 2.75) is 46.2 Å². The van der Waals surface area contributed by atoms with Gasteiger partial charge in [0, 0.05) is 12.6 Å². The first-order valence-corrected chi connectivity index (χ1v) is 6.56. The van der Waals surface area contributed by atoms with Gasteiger partial charge in [0.25, 0.3) is 0 Å². The van der Waals surface area contributed by atoms with Gasteiger partial charge in [-0.05, 0) is 37.9 Å². The molecule has 100 valence electrons. The highest BCUT2D eigenvalue weighted by Gasteiger charge is 2.09. The van der Waals surface area contributed by atoms with Gasteiger partial charge in [-0.3, -0.25) is 9.69 Å². The Bertz CT molecular complexity index is 371. The lowest BCUT2D eigenvalue weighted by atomic mass is 10.1. The zero-order chi connectivity index (χ0) is 13.5. The van der Waals surface area contributed by atoms with Crippen LogP contribution in [-0.2, 0) is 17.8 Å². The third kappa shape index (κ3) is 4.88. The molecule has 0 aliphatic rings. The summed E-state index contributed by atoms with van der Waals surface area (Å²) < 4.78 is 0. The molecule has 0 amide bonds. The molecule has 1 rings (SSSR count). The van der Waals surface area contributed by atoms with E-state index in [1.54, 1.807) is 0 Å². The van der Waals surface area contributed by atoms with Crippen LogP contribution < -0.4 is 0 Å². The van der Waals surface area contributed by atoms with E-state index < -0.39 is 5.97 Å². The number of rotatable bonds is 7. The van der Waals surface area contributed by atoms with E-state index >= 15 is 0 Å². The van der Waals surface area contributed by atoms with Crippen LogP contribution in [0.3, 0.4) is 0 Å². The van der Waals surface area contributed by atoms with Crippen LogP contribution in [0.1, 0.15) is 38.3 Å². The summed E-state index contributed by atoms with van der Waals surface area (Å²) in [6, 6.07) is 8.41. The highest BCUT2D eigenvalue weighted by molar-refractivity contribution is 5.70. The van der Waals surface area contributed by atoms with Gasteiger partial charge in [-0.2, -0.15) is 0 Å². The van der Waals surface area contributed by atoms with Crippen LogP contribution in [-0.4, -0.2) is 28.6 Å². The molecule has 0 saturated heterocycles. The van der Waals surface area contributed by atoms with E-state index in [0.29, 0.717) is 6.04 Å². The zero-order valence-electron chi connectivity index (χ0n) is 11.5. The average Bonchev–Trinajstić information content (AvgIpc) is 2.30. The van der Waals surface area contributed by atoms with Crippen LogP contribution in [0, 0.1) is 0 Å². The van der Waals surface area contributed by atoms with Gasteiger partial charge >= 0.3 is 5.97 Å². The van der Waals surface area contributed by atoms with Gasteiger partial charge in [-0.25, -0.2) is 0 Å². The van der Waals surface area contributed by atoms with E-state index in [4.69, 9.17) is 5.11 Å². The Morgan fingerprint density at radius 3 is 2.22 bits per heavy atom. The largest absolute Gasteiger partial charge is 0.481 e. The predicted octanol–water partition coefficient (Wildman–Crippen LogP) is 2.93. The SMILES string of the molecule is CCCN(Cc1ccc(CC(=O)O)cc1)C(C)C. The number of carboxylic acid groups (broad SMARTS) is 1. The molecule has 0 spiro atoms. The molecule has 0 aliphatic heterocycles. The second-order valence-corrected chi connectivity index (χ2v) is 4.95. The summed E-state index contributed by atoms with van der Waals surface area (Å²) in [7, 11) is 0. The molecule has 0 radical (unpaired) electrons. The highest BCUT2D eigenvalue weighted by atomic mass is 16.4. The lowest BCUT2D eigenvalue weighted by molar-refractivity contribution is -0.136. The fraction of sp³-hybridized carbons (Fsp3) is 0.533. The second kappa shape index (κ2) is 7.17. The molecular formula is C15H23NO2. The lowest BCUT2D eigenvalue weighted by Gasteiger charge is -2.26. The minimum Gasteiger partial charge on any atom is -0.481 e. The number of hydrogen-bond donors (Lipinski definition) is 1. The van der Waals surface area contributed by atoms with E-state index in [-0.39, 0.29) is 6.42 Å². The van der Waals surface area contributed by atoms with Crippen molar-refractivity contribution in [3.63, 3.8) is 0 Å². The van der Waals surface area contributed by atoms with Crippen LogP contribution >= 0.6 is 0 Å². The molecule has 3 nitrogen and oxygen atoms in total. The maximum Gasteiger partial charge on any atom is 0.307 e. The van der Waals surface area contributed by atoms with Crippen molar-refractivity contribution >= 4 is 5.97 Å². The van der Waals surface area contributed by atoms with Crippen molar-refractivity contribution in [2.75, 3.05) is 6.54 Å². The first-order valence-electron chi connectivity index (χ1n) is 6.56. The number of carbonyl (C=O) groups is 1. The fourth-order valence-corrected chi connectivity index (χ4v) is 1.98. The minimum atomic E-state index is -0.780. The molecule has 18 heavy (non-hydrogen) atoms. The van der Waals surface area contributed by atoms with Crippen LogP contribution in [0.25, 0.3) is 0 Å². The van der Waals surface area contributed by atoms with Crippen molar-refractivity contribution in [3.05, 3.63) is 35.4 Å². The normalized spacial score (nSPS) is 11.2. The third-order valence-corrected chi connectivity index (χ3v) is 3.01. The molecule has 1 aromatic carbocycles. The smallest absolute Gasteiger partial charge is 0.307 e. The molecule has 0 aromatic heterocycles. The maximum atomic E-state index is 10.6. The Morgan fingerprint density at radius 2 is 1.78 bits per heavy atom. The molecule has 0 unspecified atom stereocenters. The van der Waals surface area contributed by atoms with E-state index in [9.17, 15) is 4.79 Å². The zero-order valence-corrected chi connectivity index (χ0v) is 11.5. The summed E-state index contributed by atoms with van der Waals surface area (Å²) in [5.74, 6) is -0.780. The summed E-state index contributed by atoms with van der Waals surface area (Å²) in [5, 5.41) is 8.72. The second-order valence-electron chi connectivity index (χ2n) is 4.95. The summed E-state index contributed by atoms with van der Waals surface area (Å²) in [4.78, 5) is 13.0. The van der Waals surface area contributed by atoms with Crippen molar-refractivity contribution in [1.82, 2.24) is 4.90 Å². The molecule has 3 heteroatoms. The van der Waals surface area contributed by atoms with Crippen molar-refractivity contribution in [3.8, 4) is 0 Å². The lowest BCUT2D eigenvalue weighted by Crippen LogP contribution is -2.30. The third-order valence-electron chi connectivity index (χ3n) is 3.01. The number of aliphatic carboxylic acids is 1. The predicted molar refractivity (Wildman–Crippen MR) is 73.6 cm³/mol. The summed E-state index contributed by atoms with van der Waals surface area (Å²) in [6.07, 6.45) is 1.25. The van der Waals surface area contributed by atoms with Gasteiger partial charge in [0.2, 0.25) is 0 Å². The number of benzene rings is 1. The van der Waals surface area contributed by atoms with Gasteiger partial charge in [0.05, 0.1) is 6.42 Å². The maximum absolute atomic E-state index is 10.6. The summed E-state index contributed by atoms with van der Waals surface area (Å²) in [5.41, 5.74) is 2.10. The van der Waals surface area contributed by atoms with Gasteiger partial charge in [0.15, 0.2) is 0 Å². The minimum absolute atomic E-state index is 0.100. The van der Waals surface area contributed by atoms with E-state index in [2.05, 4.69) is 25.7 Å². The number of nitrogens with zero attached hydrogens (tertiary/aromatic N) is 1. The first-order chi connectivity index (χ1) is 8.52. The Labute approximate surface area is 109 Å². The molecule has 0 saturated carbocycles. The van der Waals surface area contributed by atoms with Crippen molar-refractivity contribution in [1.29, 1.82) is 0 Å². The van der Waals surface area contributed by atoms with Crippen LogP contribution in [0.4, 0.5) is 0 Å². The van der Waals surface area contributed by atoms with E-state index in [1.807, 2.05) is 24.3 Å². The van der Waals surface area contributed by atoms with Gasteiger partial charge in [0.1, 0.15) is 0 Å². The summed E-state index contributed by atoms with van der Waals surface area (Å²) in [6.45, 7) is 8.61. The Hall–Kier alpha value is -1.35. The topological polar surface area (TPSA) is 40.5 Å². The highest BCUT2D eigenvalue weighted by Crippen LogP contribution is 2.11. The van der Waals surface area contributed by atoms with Gasteiger partial charge in [-0.1, -0.05) is 31.2 Å². The number of hydrogen-bond acceptors (Lipinski definition) is 2. The summed E-state index contributed by atoms with van der Waals surface area (Å²) >= 11 is 0. The van der Waals surface area contributed by atoms with Gasteiger partial charge in [-0.15, -0.1) is 0 Å². The van der Waals surface area contributed by atoms with Crippen LogP contribution in [0.15, 0.2) is 24.3 Å². The van der Waals surface area contributed by atoms with E-state index in [0.717, 1.165) is 25.1 Å². The van der Waals surface area contributed by atoms with Gasteiger partial charge < -0.3 is 5.11 Å². The molecule has 0 heterocycles. The van der Waals surface area contributed by atoms with Crippen molar-refractivity contribution in [2.24, 2.45) is 0 Å². The molecular weight excluding hydrogens is 226 g/mol. The van der Waals surface area contributed by atoms with Crippen molar-refractivity contribution < 1.29 is 9.90 Å². The Morgan fingerprint density at radius 1 is 1.22 bits per heavy atom. The first kappa shape index (κ1) is 14.7. The van der Waals surface area contributed by atoms with E-state index in [1.165, 1.54) is 5.56 Å². The average molecular weight is 249 g/mol. The Kier molecular flexibility index (Phi) is 5.86. The molecule has 0 fully saturated rings. The molecule has 0 bridgehead atoms. The number of carboxylic acids is 1. The molecule has 0 atom stereocenters. The standard InChI is InChI=1S/C15H23NO2/c1-4-9-16(12(2)3)11-14-7-5-13(6-8-14)10-15(17)18/h5-8,12H,4,9-11H2,1-3H3,(H,17,18).